The molecular formula is C24H34F2O2Si. The molecule has 2 nitrogen and oxygen atoms in total. The first-order valence-corrected chi connectivity index (χ1v) is 12.9. The minimum atomic E-state index is -1.93. The van der Waals surface area contributed by atoms with E-state index in [2.05, 4.69) is 33.9 Å². The molecule has 0 radical (unpaired) electrons. The van der Waals surface area contributed by atoms with Crippen LogP contribution >= 0.6 is 0 Å². The fraction of sp³-hybridized carbons (Fsp3) is 0.500. The monoisotopic (exact) mass is 420 g/mol. The molecule has 160 valence electrons. The van der Waals surface area contributed by atoms with E-state index >= 15 is 0 Å². The maximum absolute atomic E-state index is 14.5. The van der Waals surface area contributed by atoms with Crippen molar-refractivity contribution in [2.24, 2.45) is 5.41 Å². The van der Waals surface area contributed by atoms with Gasteiger partial charge in [-0.2, -0.15) is 0 Å². The van der Waals surface area contributed by atoms with Crippen molar-refractivity contribution >= 4 is 8.32 Å². The van der Waals surface area contributed by atoms with Crippen molar-refractivity contribution < 1.29 is 18.3 Å². The van der Waals surface area contributed by atoms with E-state index in [9.17, 15) is 13.9 Å². The van der Waals surface area contributed by atoms with Crippen LogP contribution in [0.1, 0.15) is 58.8 Å². The molecule has 2 rings (SSSR count). The van der Waals surface area contributed by atoms with Crippen LogP contribution in [0, 0.1) is 17.0 Å². The SMILES string of the molecule is CC(C)(C)[C@H](O)c1cc(CO[Si](C)(C)C(C)(C)C)ccc1-c1cc(F)ccc1F. The van der Waals surface area contributed by atoms with Crippen LogP contribution in [0.5, 0.6) is 0 Å². The van der Waals surface area contributed by atoms with E-state index < -0.39 is 31.5 Å². The van der Waals surface area contributed by atoms with E-state index in [1.165, 1.54) is 6.07 Å². The third kappa shape index (κ3) is 5.53. The molecule has 0 amide bonds. The minimum Gasteiger partial charge on any atom is -0.413 e. The average molecular weight is 421 g/mol. The Morgan fingerprint density at radius 1 is 0.931 bits per heavy atom. The summed E-state index contributed by atoms with van der Waals surface area (Å²) in [7, 11) is -1.93. The van der Waals surface area contributed by atoms with Crippen molar-refractivity contribution in [3.8, 4) is 11.1 Å². The Hall–Kier alpha value is -1.56. The van der Waals surface area contributed by atoms with Crippen LogP contribution in [-0.4, -0.2) is 13.4 Å². The van der Waals surface area contributed by atoms with Gasteiger partial charge in [0, 0.05) is 5.56 Å². The summed E-state index contributed by atoms with van der Waals surface area (Å²) in [4.78, 5) is 0. The second-order valence-corrected chi connectivity index (χ2v) is 15.2. The fourth-order valence-corrected chi connectivity index (χ4v) is 3.78. The number of benzene rings is 2. The van der Waals surface area contributed by atoms with Gasteiger partial charge in [0.05, 0.1) is 12.7 Å². The van der Waals surface area contributed by atoms with Gasteiger partial charge in [0.2, 0.25) is 0 Å². The highest BCUT2D eigenvalue weighted by atomic mass is 28.4. The van der Waals surface area contributed by atoms with Gasteiger partial charge < -0.3 is 9.53 Å². The van der Waals surface area contributed by atoms with Crippen LogP contribution < -0.4 is 0 Å². The Labute approximate surface area is 175 Å². The van der Waals surface area contributed by atoms with Gasteiger partial charge in [-0.3, -0.25) is 0 Å². The lowest BCUT2D eigenvalue weighted by atomic mass is 9.81. The van der Waals surface area contributed by atoms with Gasteiger partial charge in [0.1, 0.15) is 11.6 Å². The lowest BCUT2D eigenvalue weighted by Gasteiger charge is -2.36. The van der Waals surface area contributed by atoms with Crippen LogP contribution in [0.4, 0.5) is 8.78 Å². The molecule has 29 heavy (non-hydrogen) atoms. The third-order valence-corrected chi connectivity index (χ3v) is 10.3. The third-order valence-electron chi connectivity index (χ3n) is 5.86. The van der Waals surface area contributed by atoms with E-state index in [1.54, 1.807) is 6.07 Å². The van der Waals surface area contributed by atoms with E-state index in [4.69, 9.17) is 4.43 Å². The maximum atomic E-state index is 14.5. The second-order valence-electron chi connectivity index (χ2n) is 10.4. The topological polar surface area (TPSA) is 29.5 Å². The van der Waals surface area contributed by atoms with Crippen LogP contribution in [0.3, 0.4) is 0 Å². The summed E-state index contributed by atoms with van der Waals surface area (Å²) in [6, 6.07) is 8.88. The molecule has 1 N–H and O–H groups in total. The van der Waals surface area contributed by atoms with Gasteiger partial charge in [-0.05, 0) is 58.4 Å². The van der Waals surface area contributed by atoms with Gasteiger partial charge in [0.15, 0.2) is 8.32 Å². The molecule has 2 aromatic rings. The molecule has 0 fully saturated rings. The highest BCUT2D eigenvalue weighted by molar-refractivity contribution is 6.74. The van der Waals surface area contributed by atoms with Gasteiger partial charge in [-0.25, -0.2) is 8.78 Å². The molecule has 2 aromatic carbocycles. The minimum absolute atomic E-state index is 0.0887. The molecule has 0 bridgehead atoms. The largest absolute Gasteiger partial charge is 0.413 e. The van der Waals surface area contributed by atoms with Crippen molar-refractivity contribution in [1.82, 2.24) is 0 Å². The maximum Gasteiger partial charge on any atom is 0.192 e. The van der Waals surface area contributed by atoms with E-state index in [0.29, 0.717) is 17.7 Å². The highest BCUT2D eigenvalue weighted by Gasteiger charge is 2.37. The first kappa shape index (κ1) is 23.7. The molecule has 0 aliphatic rings. The molecule has 0 heterocycles. The quantitative estimate of drug-likeness (QED) is 0.517. The Balaban J connectivity index is 2.50. The highest BCUT2D eigenvalue weighted by Crippen LogP contribution is 2.40. The fourth-order valence-electron chi connectivity index (χ4n) is 2.82. The lowest BCUT2D eigenvalue weighted by molar-refractivity contribution is 0.0630. The van der Waals surface area contributed by atoms with E-state index in [-0.39, 0.29) is 10.6 Å². The molecule has 0 unspecified atom stereocenters. The van der Waals surface area contributed by atoms with E-state index in [1.807, 2.05) is 32.9 Å². The average Bonchev–Trinajstić information content (AvgIpc) is 2.59. The molecule has 1 atom stereocenters. The molecule has 0 spiro atoms. The standard InChI is InChI=1S/C24H34F2O2Si/c1-23(2,3)22(27)20-13-16(15-28-29(7,8)24(4,5)6)9-11-18(20)19-14-17(25)10-12-21(19)26/h9-14,22,27H,15H2,1-8H3/t22-/m1/s1. The van der Waals surface area contributed by atoms with Crippen molar-refractivity contribution in [1.29, 1.82) is 0 Å². The summed E-state index contributed by atoms with van der Waals surface area (Å²) < 4.78 is 34.6. The Morgan fingerprint density at radius 2 is 1.55 bits per heavy atom. The van der Waals surface area contributed by atoms with Crippen molar-refractivity contribution in [2.75, 3.05) is 0 Å². The van der Waals surface area contributed by atoms with Crippen molar-refractivity contribution in [3.05, 3.63) is 59.2 Å². The van der Waals surface area contributed by atoms with Crippen LogP contribution in [0.25, 0.3) is 11.1 Å². The molecular weight excluding hydrogens is 386 g/mol. The number of aliphatic hydroxyl groups is 1. The number of hydrogen-bond acceptors (Lipinski definition) is 2. The number of halogens is 2. The Kier molecular flexibility index (Phi) is 6.78. The molecule has 0 saturated carbocycles. The zero-order valence-corrected chi connectivity index (χ0v) is 19.9. The molecule has 0 saturated heterocycles. The Morgan fingerprint density at radius 3 is 2.10 bits per heavy atom. The molecule has 0 aliphatic heterocycles. The van der Waals surface area contributed by atoms with Crippen LogP contribution in [-0.2, 0) is 11.0 Å². The predicted molar refractivity (Wildman–Crippen MR) is 118 cm³/mol. The number of aliphatic hydroxyl groups excluding tert-OH is 1. The zero-order valence-electron chi connectivity index (χ0n) is 18.9. The summed E-state index contributed by atoms with van der Waals surface area (Å²) in [6.45, 7) is 17.1. The first-order chi connectivity index (χ1) is 13.1. The van der Waals surface area contributed by atoms with E-state index in [0.717, 1.165) is 17.7 Å². The van der Waals surface area contributed by atoms with Crippen LogP contribution in [0.2, 0.25) is 18.1 Å². The van der Waals surface area contributed by atoms with Crippen LogP contribution in [0.15, 0.2) is 36.4 Å². The summed E-state index contributed by atoms with van der Waals surface area (Å²) in [5.41, 5.74) is 1.69. The normalized spacial score (nSPS) is 14.2. The predicted octanol–water partition coefficient (Wildman–Crippen LogP) is 7.23. The smallest absolute Gasteiger partial charge is 0.192 e. The van der Waals surface area contributed by atoms with Gasteiger partial charge >= 0.3 is 0 Å². The first-order valence-electron chi connectivity index (χ1n) is 10.0. The van der Waals surface area contributed by atoms with Crippen molar-refractivity contribution in [2.45, 2.75) is 72.4 Å². The summed E-state index contributed by atoms with van der Waals surface area (Å²) in [5, 5.41) is 11.1. The molecule has 0 aliphatic carbocycles. The van der Waals surface area contributed by atoms with Gasteiger partial charge in [-0.1, -0.05) is 59.7 Å². The second kappa shape index (κ2) is 8.29. The summed E-state index contributed by atoms with van der Waals surface area (Å²) >= 11 is 0. The van der Waals surface area contributed by atoms with Gasteiger partial charge in [-0.15, -0.1) is 0 Å². The number of rotatable bonds is 5. The molecule has 5 heteroatoms. The van der Waals surface area contributed by atoms with Crippen molar-refractivity contribution in [3.63, 3.8) is 0 Å². The summed E-state index contributed by atoms with van der Waals surface area (Å²) in [5.74, 6) is -1.03. The molecule has 0 aromatic heterocycles. The number of hydrogen-bond donors (Lipinski definition) is 1. The van der Waals surface area contributed by atoms with Gasteiger partial charge in [0.25, 0.3) is 0 Å². The summed E-state index contributed by atoms with van der Waals surface area (Å²) in [6.07, 6.45) is -0.840. The zero-order chi connectivity index (χ0) is 22.2. The lowest BCUT2D eigenvalue weighted by Crippen LogP contribution is -2.40. The Bertz CT molecular complexity index is 864.